The molecule has 0 amide bonds. The van der Waals surface area contributed by atoms with Gasteiger partial charge in [-0.25, -0.2) is 0 Å². The van der Waals surface area contributed by atoms with Gasteiger partial charge in [0.1, 0.15) is 0 Å². The Morgan fingerprint density at radius 3 is 2.56 bits per heavy atom. The van der Waals surface area contributed by atoms with Crippen LogP contribution in [0.1, 0.15) is 45.0 Å². The first kappa shape index (κ1) is 15.7. The Kier molecular flexibility index (Phi) is 6.32. The zero-order valence-corrected chi connectivity index (χ0v) is 13.4. The van der Waals surface area contributed by atoms with Gasteiger partial charge in [-0.3, -0.25) is 16.0 Å². The van der Waals surface area contributed by atoms with E-state index in [-0.39, 0.29) is 0 Å². The number of nitrogens with two attached hydrogens (primary N) is 1. The van der Waals surface area contributed by atoms with Crippen LogP contribution in [0.25, 0.3) is 0 Å². The predicted molar refractivity (Wildman–Crippen MR) is 79.2 cm³/mol. The topological polar surface area (TPSA) is 55.9 Å². The van der Waals surface area contributed by atoms with Crippen molar-refractivity contribution >= 4 is 15.9 Å². The lowest BCUT2D eigenvalue weighted by Gasteiger charge is -2.17. The summed E-state index contributed by atoms with van der Waals surface area (Å²) in [5.74, 6) is 6.37. The SMILES string of the molecule is CCn1nc(C)c(Br)c1CC(CCC(C)C)NN. The molecule has 1 unspecified atom stereocenters. The maximum Gasteiger partial charge on any atom is 0.0738 e. The van der Waals surface area contributed by atoms with Crippen molar-refractivity contribution in [3.63, 3.8) is 0 Å². The summed E-state index contributed by atoms with van der Waals surface area (Å²) in [6.45, 7) is 9.51. The molecule has 0 spiro atoms. The Morgan fingerprint density at radius 1 is 1.39 bits per heavy atom. The minimum absolute atomic E-state index is 0.310. The quantitative estimate of drug-likeness (QED) is 0.600. The van der Waals surface area contributed by atoms with Crippen molar-refractivity contribution in [3.8, 4) is 0 Å². The Labute approximate surface area is 118 Å². The van der Waals surface area contributed by atoms with E-state index in [0.717, 1.165) is 29.6 Å². The number of hydrogen-bond donors (Lipinski definition) is 2. The molecule has 0 radical (unpaired) electrons. The molecule has 1 aromatic rings. The summed E-state index contributed by atoms with van der Waals surface area (Å²) in [7, 11) is 0. The summed E-state index contributed by atoms with van der Waals surface area (Å²) < 4.78 is 3.17. The van der Waals surface area contributed by atoms with Crippen LogP contribution in [-0.4, -0.2) is 15.8 Å². The number of aryl methyl sites for hydroxylation is 2. The van der Waals surface area contributed by atoms with Gasteiger partial charge in [-0.05, 0) is 48.5 Å². The highest BCUT2D eigenvalue weighted by molar-refractivity contribution is 9.10. The number of hydrazine groups is 1. The van der Waals surface area contributed by atoms with E-state index in [1.165, 1.54) is 12.1 Å². The highest BCUT2D eigenvalue weighted by Gasteiger charge is 2.17. The fourth-order valence-electron chi connectivity index (χ4n) is 2.08. The van der Waals surface area contributed by atoms with E-state index in [1.54, 1.807) is 0 Å². The van der Waals surface area contributed by atoms with Crippen molar-refractivity contribution in [1.82, 2.24) is 15.2 Å². The summed E-state index contributed by atoms with van der Waals surface area (Å²) >= 11 is 3.63. The van der Waals surface area contributed by atoms with Crippen LogP contribution in [0.5, 0.6) is 0 Å². The minimum Gasteiger partial charge on any atom is -0.271 e. The monoisotopic (exact) mass is 316 g/mol. The summed E-state index contributed by atoms with van der Waals surface area (Å²) in [6, 6.07) is 0.310. The van der Waals surface area contributed by atoms with E-state index in [4.69, 9.17) is 5.84 Å². The number of nitrogens with one attached hydrogen (secondary N) is 1. The average molecular weight is 317 g/mol. The van der Waals surface area contributed by atoms with Crippen molar-refractivity contribution in [1.29, 1.82) is 0 Å². The lowest BCUT2D eigenvalue weighted by molar-refractivity contribution is 0.423. The molecule has 0 saturated carbocycles. The molecule has 1 atom stereocenters. The molecule has 0 saturated heterocycles. The summed E-state index contributed by atoms with van der Waals surface area (Å²) in [5.41, 5.74) is 5.22. The minimum atomic E-state index is 0.310. The molecule has 18 heavy (non-hydrogen) atoms. The molecule has 1 heterocycles. The molecule has 3 N–H and O–H groups in total. The maximum absolute atomic E-state index is 5.66. The van der Waals surface area contributed by atoms with Crippen LogP contribution in [0.2, 0.25) is 0 Å². The van der Waals surface area contributed by atoms with E-state index >= 15 is 0 Å². The zero-order chi connectivity index (χ0) is 13.7. The van der Waals surface area contributed by atoms with Gasteiger partial charge in [-0.2, -0.15) is 5.10 Å². The second-order valence-electron chi connectivity index (χ2n) is 5.20. The molecule has 0 aliphatic rings. The Morgan fingerprint density at radius 2 is 2.06 bits per heavy atom. The summed E-state index contributed by atoms with van der Waals surface area (Å²) in [4.78, 5) is 0. The molecular formula is C13H25BrN4. The first-order valence-electron chi connectivity index (χ1n) is 6.67. The van der Waals surface area contributed by atoms with Gasteiger partial charge >= 0.3 is 0 Å². The fraction of sp³-hybridized carbons (Fsp3) is 0.769. The van der Waals surface area contributed by atoms with Gasteiger partial charge < -0.3 is 0 Å². The van der Waals surface area contributed by atoms with Crippen LogP contribution in [0.3, 0.4) is 0 Å². The van der Waals surface area contributed by atoms with E-state index in [9.17, 15) is 0 Å². The van der Waals surface area contributed by atoms with Crippen molar-refractivity contribution in [3.05, 3.63) is 15.9 Å². The Bertz CT molecular complexity index is 373. The molecule has 1 aromatic heterocycles. The normalized spacial score (nSPS) is 13.3. The standard InChI is InChI=1S/C13H25BrN4/c1-5-18-12(13(14)10(4)17-18)8-11(16-15)7-6-9(2)3/h9,11,16H,5-8,15H2,1-4H3. The molecule has 4 nitrogen and oxygen atoms in total. The third kappa shape index (κ3) is 4.07. The van der Waals surface area contributed by atoms with E-state index in [0.29, 0.717) is 12.0 Å². The molecule has 1 rings (SSSR count). The van der Waals surface area contributed by atoms with Crippen LogP contribution in [0, 0.1) is 12.8 Å². The number of hydrogen-bond acceptors (Lipinski definition) is 3. The summed E-state index contributed by atoms with van der Waals surface area (Å²) in [5, 5.41) is 4.51. The van der Waals surface area contributed by atoms with Gasteiger partial charge in [-0.15, -0.1) is 0 Å². The smallest absolute Gasteiger partial charge is 0.0738 e. The maximum atomic E-state index is 5.66. The Balaban J connectivity index is 2.74. The van der Waals surface area contributed by atoms with Crippen molar-refractivity contribution in [2.75, 3.05) is 0 Å². The first-order chi connectivity index (χ1) is 8.49. The third-order valence-corrected chi connectivity index (χ3v) is 4.25. The lowest BCUT2D eigenvalue weighted by Crippen LogP contribution is -2.37. The number of aromatic nitrogens is 2. The predicted octanol–water partition coefficient (Wildman–Crippen LogP) is 2.78. The first-order valence-corrected chi connectivity index (χ1v) is 7.46. The van der Waals surface area contributed by atoms with Crippen LogP contribution >= 0.6 is 15.9 Å². The molecule has 5 heteroatoms. The second kappa shape index (κ2) is 7.26. The van der Waals surface area contributed by atoms with Gasteiger partial charge in [0, 0.05) is 19.0 Å². The van der Waals surface area contributed by atoms with Crippen molar-refractivity contribution in [2.45, 2.75) is 59.5 Å². The van der Waals surface area contributed by atoms with Gasteiger partial charge in [0.05, 0.1) is 15.9 Å². The van der Waals surface area contributed by atoms with Crippen LogP contribution < -0.4 is 11.3 Å². The van der Waals surface area contributed by atoms with E-state index < -0.39 is 0 Å². The highest BCUT2D eigenvalue weighted by Crippen LogP contribution is 2.23. The molecule has 104 valence electrons. The van der Waals surface area contributed by atoms with E-state index in [1.807, 2.05) is 6.92 Å². The molecule has 0 fully saturated rings. The van der Waals surface area contributed by atoms with Gasteiger partial charge in [0.25, 0.3) is 0 Å². The average Bonchev–Trinajstić information content (AvgIpc) is 2.61. The zero-order valence-electron chi connectivity index (χ0n) is 11.8. The summed E-state index contributed by atoms with van der Waals surface area (Å²) in [6.07, 6.45) is 3.19. The Hall–Kier alpha value is -0.390. The molecule has 0 aliphatic carbocycles. The van der Waals surface area contributed by atoms with E-state index in [2.05, 4.69) is 51.9 Å². The van der Waals surface area contributed by atoms with Crippen LogP contribution in [0.4, 0.5) is 0 Å². The molecule has 0 aliphatic heterocycles. The van der Waals surface area contributed by atoms with Crippen LogP contribution in [-0.2, 0) is 13.0 Å². The molecule has 0 bridgehead atoms. The second-order valence-corrected chi connectivity index (χ2v) is 5.99. The third-order valence-electron chi connectivity index (χ3n) is 3.22. The van der Waals surface area contributed by atoms with Crippen molar-refractivity contribution < 1.29 is 0 Å². The number of halogens is 1. The van der Waals surface area contributed by atoms with Gasteiger partial charge in [-0.1, -0.05) is 13.8 Å². The number of nitrogens with zero attached hydrogens (tertiary/aromatic N) is 2. The number of rotatable bonds is 7. The van der Waals surface area contributed by atoms with Gasteiger partial charge in [0.15, 0.2) is 0 Å². The van der Waals surface area contributed by atoms with Gasteiger partial charge in [0.2, 0.25) is 0 Å². The largest absolute Gasteiger partial charge is 0.271 e. The molecular weight excluding hydrogens is 292 g/mol. The van der Waals surface area contributed by atoms with Crippen LogP contribution in [0.15, 0.2) is 4.47 Å². The highest BCUT2D eigenvalue weighted by atomic mass is 79.9. The van der Waals surface area contributed by atoms with Crippen molar-refractivity contribution in [2.24, 2.45) is 11.8 Å². The lowest BCUT2D eigenvalue weighted by atomic mass is 10.0. The fourth-order valence-corrected chi connectivity index (χ4v) is 2.52. The molecule has 0 aromatic carbocycles.